The van der Waals surface area contributed by atoms with Gasteiger partial charge in [-0.1, -0.05) is 17.8 Å². The second kappa shape index (κ2) is 11.9. The standard InChI is InChI=1S/C24H31N3O5S/c1-17(2)27-13-21(32-15-18-9-19(30-3)11-20(10-18)31-4)12-26(14-23(27)28)24(29)16-33-22-7-5-6-8-25-22/h5-11,17,21H,12-16H2,1-4H3. The van der Waals surface area contributed by atoms with Crippen LogP contribution in [0.15, 0.2) is 47.6 Å². The largest absolute Gasteiger partial charge is 0.497 e. The Morgan fingerprint density at radius 2 is 1.88 bits per heavy atom. The Morgan fingerprint density at radius 1 is 1.15 bits per heavy atom. The highest BCUT2D eigenvalue weighted by Gasteiger charge is 2.32. The van der Waals surface area contributed by atoms with E-state index in [-0.39, 0.29) is 36.3 Å². The van der Waals surface area contributed by atoms with Crippen molar-refractivity contribution >= 4 is 23.6 Å². The van der Waals surface area contributed by atoms with E-state index in [0.29, 0.717) is 31.2 Å². The van der Waals surface area contributed by atoms with E-state index in [1.807, 2.05) is 44.2 Å². The summed E-state index contributed by atoms with van der Waals surface area (Å²) in [5, 5.41) is 0.774. The van der Waals surface area contributed by atoms with Gasteiger partial charge in [0, 0.05) is 31.4 Å². The minimum absolute atomic E-state index is 0.0125. The van der Waals surface area contributed by atoms with Gasteiger partial charge in [-0.25, -0.2) is 4.98 Å². The molecule has 178 valence electrons. The Kier molecular flexibility index (Phi) is 8.96. The third kappa shape index (κ3) is 7.10. The molecule has 8 nitrogen and oxygen atoms in total. The number of hydrogen-bond acceptors (Lipinski definition) is 7. The van der Waals surface area contributed by atoms with Crippen molar-refractivity contribution in [3.05, 3.63) is 48.2 Å². The van der Waals surface area contributed by atoms with Crippen LogP contribution in [0.3, 0.4) is 0 Å². The lowest BCUT2D eigenvalue weighted by molar-refractivity contribution is -0.138. The highest BCUT2D eigenvalue weighted by molar-refractivity contribution is 7.99. The molecule has 0 N–H and O–H groups in total. The average Bonchev–Trinajstić information content (AvgIpc) is 3.00. The molecule has 1 aliphatic rings. The van der Waals surface area contributed by atoms with E-state index in [4.69, 9.17) is 14.2 Å². The van der Waals surface area contributed by atoms with Gasteiger partial charge in [0.15, 0.2) is 0 Å². The molecule has 1 saturated heterocycles. The van der Waals surface area contributed by atoms with Gasteiger partial charge >= 0.3 is 0 Å². The fourth-order valence-corrected chi connectivity index (χ4v) is 4.32. The lowest BCUT2D eigenvalue weighted by atomic mass is 10.2. The number of carbonyl (C=O) groups is 2. The Hall–Kier alpha value is -2.78. The smallest absolute Gasteiger partial charge is 0.242 e. The van der Waals surface area contributed by atoms with Crippen molar-refractivity contribution in [1.82, 2.24) is 14.8 Å². The van der Waals surface area contributed by atoms with E-state index < -0.39 is 0 Å². The quantitative estimate of drug-likeness (QED) is 0.518. The fraction of sp³-hybridized carbons (Fsp3) is 0.458. The minimum atomic E-state index is -0.320. The van der Waals surface area contributed by atoms with Crippen LogP contribution >= 0.6 is 11.8 Å². The SMILES string of the molecule is COc1cc(COC2CN(C(=O)CSc3ccccn3)CC(=O)N(C(C)C)C2)cc(OC)c1. The summed E-state index contributed by atoms with van der Waals surface area (Å²) in [7, 11) is 3.20. The first-order valence-electron chi connectivity index (χ1n) is 10.8. The summed E-state index contributed by atoms with van der Waals surface area (Å²) in [6, 6.07) is 11.2. The van der Waals surface area contributed by atoms with Crippen molar-refractivity contribution in [1.29, 1.82) is 0 Å². The molecular formula is C24H31N3O5S. The molecule has 0 radical (unpaired) electrons. The first-order valence-corrected chi connectivity index (χ1v) is 11.8. The summed E-state index contributed by atoms with van der Waals surface area (Å²) < 4.78 is 16.9. The van der Waals surface area contributed by atoms with Crippen LogP contribution in [0.1, 0.15) is 19.4 Å². The Bertz CT molecular complexity index is 919. The summed E-state index contributed by atoms with van der Waals surface area (Å²) in [5.41, 5.74) is 0.890. The molecular weight excluding hydrogens is 442 g/mol. The second-order valence-electron chi connectivity index (χ2n) is 8.02. The third-order valence-corrected chi connectivity index (χ3v) is 6.25. The monoisotopic (exact) mass is 473 g/mol. The molecule has 1 aliphatic heterocycles. The number of benzene rings is 1. The maximum absolute atomic E-state index is 13.0. The number of methoxy groups -OCH3 is 2. The van der Waals surface area contributed by atoms with Gasteiger partial charge in [0.1, 0.15) is 11.5 Å². The zero-order valence-corrected chi connectivity index (χ0v) is 20.3. The Balaban J connectivity index is 1.69. The van der Waals surface area contributed by atoms with Crippen molar-refractivity contribution in [3.63, 3.8) is 0 Å². The lowest BCUT2D eigenvalue weighted by Crippen LogP contribution is -2.42. The van der Waals surface area contributed by atoms with E-state index in [1.54, 1.807) is 36.3 Å². The summed E-state index contributed by atoms with van der Waals surface area (Å²) in [4.78, 5) is 33.4. The van der Waals surface area contributed by atoms with Crippen molar-refractivity contribution in [3.8, 4) is 11.5 Å². The predicted octanol–water partition coefficient (Wildman–Crippen LogP) is 2.86. The van der Waals surface area contributed by atoms with Gasteiger partial charge in [-0.05, 0) is 43.7 Å². The van der Waals surface area contributed by atoms with E-state index >= 15 is 0 Å². The molecule has 1 aromatic carbocycles. The first-order chi connectivity index (χ1) is 15.9. The van der Waals surface area contributed by atoms with Crippen molar-refractivity contribution in [2.75, 3.05) is 39.6 Å². The zero-order chi connectivity index (χ0) is 23.8. The third-order valence-electron chi connectivity index (χ3n) is 5.33. The number of rotatable bonds is 9. The molecule has 2 amide bonds. The molecule has 1 aromatic heterocycles. The molecule has 0 saturated carbocycles. The number of thioether (sulfide) groups is 1. The Labute approximate surface area is 199 Å². The van der Waals surface area contributed by atoms with Crippen molar-refractivity contribution in [2.45, 2.75) is 37.6 Å². The van der Waals surface area contributed by atoms with E-state index in [0.717, 1.165) is 10.6 Å². The molecule has 33 heavy (non-hydrogen) atoms. The van der Waals surface area contributed by atoms with Crippen molar-refractivity contribution in [2.24, 2.45) is 0 Å². The molecule has 0 bridgehead atoms. The van der Waals surface area contributed by atoms with E-state index in [9.17, 15) is 9.59 Å². The number of hydrogen-bond donors (Lipinski definition) is 0. The molecule has 1 fully saturated rings. The maximum atomic E-state index is 13.0. The van der Waals surface area contributed by atoms with Crippen LogP contribution in [-0.2, 0) is 20.9 Å². The second-order valence-corrected chi connectivity index (χ2v) is 9.02. The minimum Gasteiger partial charge on any atom is -0.497 e. The van der Waals surface area contributed by atoms with Gasteiger partial charge in [0.25, 0.3) is 0 Å². The molecule has 9 heteroatoms. The molecule has 0 spiro atoms. The maximum Gasteiger partial charge on any atom is 0.242 e. The van der Waals surface area contributed by atoms with Crippen LogP contribution in [-0.4, -0.2) is 78.4 Å². The average molecular weight is 474 g/mol. The van der Waals surface area contributed by atoms with Gasteiger partial charge in [-0.3, -0.25) is 9.59 Å². The van der Waals surface area contributed by atoms with Gasteiger partial charge in [0.2, 0.25) is 11.8 Å². The molecule has 2 heterocycles. The zero-order valence-electron chi connectivity index (χ0n) is 19.5. The van der Waals surface area contributed by atoms with Gasteiger partial charge in [-0.2, -0.15) is 0 Å². The fourth-order valence-electron chi connectivity index (χ4n) is 3.56. The van der Waals surface area contributed by atoms with Gasteiger partial charge in [0.05, 0.1) is 44.3 Å². The summed E-state index contributed by atoms with van der Waals surface area (Å²) in [5.74, 6) is 1.38. The molecule has 1 unspecified atom stereocenters. The van der Waals surface area contributed by atoms with Crippen molar-refractivity contribution < 1.29 is 23.8 Å². The van der Waals surface area contributed by atoms with Crippen LogP contribution in [0, 0.1) is 0 Å². The molecule has 0 aliphatic carbocycles. The van der Waals surface area contributed by atoms with Crippen LogP contribution < -0.4 is 9.47 Å². The van der Waals surface area contributed by atoms with Gasteiger partial charge < -0.3 is 24.0 Å². The van der Waals surface area contributed by atoms with Crippen LogP contribution in [0.5, 0.6) is 11.5 Å². The topological polar surface area (TPSA) is 81.2 Å². The number of ether oxygens (including phenoxy) is 3. The van der Waals surface area contributed by atoms with Crippen LogP contribution in [0.4, 0.5) is 0 Å². The highest BCUT2D eigenvalue weighted by atomic mass is 32.2. The number of pyridine rings is 1. The number of carbonyl (C=O) groups excluding carboxylic acids is 2. The highest BCUT2D eigenvalue weighted by Crippen LogP contribution is 2.24. The molecule has 3 rings (SSSR count). The molecule has 1 atom stereocenters. The summed E-state index contributed by atoms with van der Waals surface area (Å²) in [6.07, 6.45) is 1.38. The number of aromatic nitrogens is 1. The van der Waals surface area contributed by atoms with E-state index in [2.05, 4.69) is 4.98 Å². The predicted molar refractivity (Wildman–Crippen MR) is 127 cm³/mol. The molecule has 2 aromatic rings. The first kappa shape index (κ1) is 24.9. The normalized spacial score (nSPS) is 16.6. The van der Waals surface area contributed by atoms with Gasteiger partial charge in [-0.15, -0.1) is 0 Å². The van der Waals surface area contributed by atoms with E-state index in [1.165, 1.54) is 11.8 Å². The summed E-state index contributed by atoms with van der Waals surface area (Å²) in [6.45, 7) is 5.06. The lowest BCUT2D eigenvalue weighted by Gasteiger charge is -2.27. The number of nitrogens with zero attached hydrogens (tertiary/aromatic N) is 3. The Morgan fingerprint density at radius 3 is 2.48 bits per heavy atom. The van der Waals surface area contributed by atoms with Crippen LogP contribution in [0.25, 0.3) is 0 Å². The van der Waals surface area contributed by atoms with Crippen LogP contribution in [0.2, 0.25) is 0 Å². The number of amides is 2. The summed E-state index contributed by atoms with van der Waals surface area (Å²) >= 11 is 1.36.